The number of hydrazone groups is 1. The van der Waals surface area contributed by atoms with E-state index in [4.69, 9.17) is 10.5 Å². The van der Waals surface area contributed by atoms with Crippen LogP contribution in [0.5, 0.6) is 0 Å². The summed E-state index contributed by atoms with van der Waals surface area (Å²) in [5, 5.41) is 5.76. The van der Waals surface area contributed by atoms with E-state index in [1.165, 1.54) is 0 Å². The molecule has 0 aromatic carbocycles. The Labute approximate surface area is 89.3 Å². The molecule has 0 radical (unpaired) electrons. The highest BCUT2D eigenvalue weighted by Crippen LogP contribution is 2.38. The summed E-state index contributed by atoms with van der Waals surface area (Å²) in [6, 6.07) is 0. The molecule has 0 atom stereocenters. The maximum atomic E-state index is 11.7. The van der Waals surface area contributed by atoms with E-state index in [0.717, 1.165) is 19.3 Å². The monoisotopic (exact) mass is 211 g/mol. The van der Waals surface area contributed by atoms with Gasteiger partial charge in [0.1, 0.15) is 5.84 Å². The van der Waals surface area contributed by atoms with E-state index in [9.17, 15) is 4.79 Å². The lowest BCUT2D eigenvalue weighted by molar-refractivity contribution is -0.133. The lowest BCUT2D eigenvalue weighted by Crippen LogP contribution is -2.47. The van der Waals surface area contributed by atoms with Crippen molar-refractivity contribution in [2.45, 2.75) is 38.1 Å². The van der Waals surface area contributed by atoms with Crippen LogP contribution in [0, 0.1) is 0 Å². The molecule has 5 heteroatoms. The van der Waals surface area contributed by atoms with E-state index in [1.54, 1.807) is 11.9 Å². The summed E-state index contributed by atoms with van der Waals surface area (Å²) in [4.78, 5) is 11.7. The quantitative estimate of drug-likeness (QED) is 0.506. The molecule has 2 rings (SSSR count). The van der Waals surface area contributed by atoms with Gasteiger partial charge in [0.15, 0.2) is 0 Å². The van der Waals surface area contributed by atoms with Gasteiger partial charge in [-0.15, -0.1) is 0 Å². The number of hydrogen-bond acceptors (Lipinski definition) is 3. The highest BCUT2D eigenvalue weighted by molar-refractivity contribution is 5.83. The van der Waals surface area contributed by atoms with Crippen LogP contribution in [-0.4, -0.2) is 35.5 Å². The van der Waals surface area contributed by atoms with E-state index in [0.29, 0.717) is 25.5 Å². The standard InChI is InChI=1S/C10H17N3O2/c1-8(11)12-13-9(14)2-3-10(13)4-6-15-7-5-10/h2-7H2,1H3,(H2,11,12). The van der Waals surface area contributed by atoms with Crippen LogP contribution in [0.2, 0.25) is 0 Å². The van der Waals surface area contributed by atoms with E-state index < -0.39 is 0 Å². The molecule has 0 aromatic rings. The van der Waals surface area contributed by atoms with Gasteiger partial charge in [-0.1, -0.05) is 0 Å². The lowest BCUT2D eigenvalue weighted by atomic mass is 9.88. The molecule has 2 aliphatic heterocycles. The minimum atomic E-state index is -0.115. The van der Waals surface area contributed by atoms with E-state index in [1.807, 2.05) is 0 Å². The van der Waals surface area contributed by atoms with Crippen molar-refractivity contribution in [2.24, 2.45) is 10.8 Å². The fourth-order valence-electron chi connectivity index (χ4n) is 2.35. The first kappa shape index (κ1) is 10.4. The molecule has 0 bridgehead atoms. The Kier molecular flexibility index (Phi) is 2.65. The van der Waals surface area contributed by atoms with Crippen molar-refractivity contribution in [3.8, 4) is 0 Å². The van der Waals surface area contributed by atoms with Crippen molar-refractivity contribution in [2.75, 3.05) is 13.2 Å². The number of carbonyl (C=O) groups excluding carboxylic acids is 1. The zero-order chi connectivity index (χ0) is 10.9. The first-order valence-electron chi connectivity index (χ1n) is 5.36. The predicted molar refractivity (Wildman–Crippen MR) is 56.2 cm³/mol. The van der Waals surface area contributed by atoms with Crippen molar-refractivity contribution >= 4 is 11.7 Å². The van der Waals surface area contributed by atoms with E-state index >= 15 is 0 Å². The second kappa shape index (κ2) is 3.81. The number of amidine groups is 1. The van der Waals surface area contributed by atoms with Crippen molar-refractivity contribution in [1.29, 1.82) is 0 Å². The van der Waals surface area contributed by atoms with Gasteiger partial charge < -0.3 is 10.5 Å². The Morgan fingerprint density at radius 3 is 2.73 bits per heavy atom. The Hall–Kier alpha value is -1.10. The van der Waals surface area contributed by atoms with Gasteiger partial charge in [0.2, 0.25) is 5.91 Å². The van der Waals surface area contributed by atoms with Gasteiger partial charge in [0.25, 0.3) is 0 Å². The number of amides is 1. The van der Waals surface area contributed by atoms with Crippen LogP contribution in [0.25, 0.3) is 0 Å². The van der Waals surface area contributed by atoms with Crippen LogP contribution in [0.3, 0.4) is 0 Å². The molecule has 2 heterocycles. The van der Waals surface area contributed by atoms with Crippen molar-refractivity contribution in [3.05, 3.63) is 0 Å². The summed E-state index contributed by atoms with van der Waals surface area (Å²) in [5.74, 6) is 0.526. The van der Waals surface area contributed by atoms with Crippen molar-refractivity contribution in [1.82, 2.24) is 5.01 Å². The van der Waals surface area contributed by atoms with E-state index in [-0.39, 0.29) is 11.4 Å². The predicted octanol–water partition coefficient (Wildman–Crippen LogP) is 0.450. The molecule has 15 heavy (non-hydrogen) atoms. The van der Waals surface area contributed by atoms with Gasteiger partial charge >= 0.3 is 0 Å². The topological polar surface area (TPSA) is 67.9 Å². The van der Waals surface area contributed by atoms with Crippen molar-refractivity contribution in [3.63, 3.8) is 0 Å². The molecule has 2 N–H and O–H groups in total. The number of nitrogens with zero attached hydrogens (tertiary/aromatic N) is 2. The number of carbonyl (C=O) groups is 1. The molecule has 0 aromatic heterocycles. The summed E-state index contributed by atoms with van der Waals surface area (Å²) in [6.07, 6.45) is 3.20. The minimum absolute atomic E-state index is 0.0849. The van der Waals surface area contributed by atoms with Crippen LogP contribution in [0.1, 0.15) is 32.6 Å². The van der Waals surface area contributed by atoms with Crippen LogP contribution < -0.4 is 5.73 Å². The first-order chi connectivity index (χ1) is 7.14. The molecule has 0 aliphatic carbocycles. The molecule has 84 valence electrons. The van der Waals surface area contributed by atoms with Gasteiger partial charge in [-0.3, -0.25) is 4.79 Å². The molecule has 2 aliphatic rings. The Bertz CT molecular complexity index is 291. The largest absolute Gasteiger partial charge is 0.386 e. The molecule has 0 unspecified atom stereocenters. The third-order valence-corrected chi connectivity index (χ3v) is 3.17. The average molecular weight is 211 g/mol. The second-order valence-electron chi connectivity index (χ2n) is 4.28. The Morgan fingerprint density at radius 2 is 2.13 bits per heavy atom. The van der Waals surface area contributed by atoms with Crippen molar-refractivity contribution < 1.29 is 9.53 Å². The summed E-state index contributed by atoms with van der Waals surface area (Å²) >= 11 is 0. The molecule has 2 saturated heterocycles. The summed E-state index contributed by atoms with van der Waals surface area (Å²) < 4.78 is 5.33. The molecule has 1 spiro atoms. The molecule has 5 nitrogen and oxygen atoms in total. The lowest BCUT2D eigenvalue weighted by Gasteiger charge is -2.38. The fraction of sp³-hybridized carbons (Fsp3) is 0.800. The normalized spacial score (nSPS) is 26.3. The Morgan fingerprint density at radius 1 is 1.47 bits per heavy atom. The fourth-order valence-corrected chi connectivity index (χ4v) is 2.35. The zero-order valence-corrected chi connectivity index (χ0v) is 9.03. The summed E-state index contributed by atoms with van der Waals surface area (Å²) in [7, 11) is 0. The highest BCUT2D eigenvalue weighted by Gasteiger charge is 2.46. The number of rotatable bonds is 1. The number of hydrogen-bond donors (Lipinski definition) is 1. The average Bonchev–Trinajstić information content (AvgIpc) is 2.48. The van der Waals surface area contributed by atoms with Gasteiger partial charge in [0.05, 0.1) is 5.54 Å². The maximum Gasteiger partial charge on any atom is 0.243 e. The van der Waals surface area contributed by atoms with Crippen LogP contribution in [0.4, 0.5) is 0 Å². The van der Waals surface area contributed by atoms with E-state index in [2.05, 4.69) is 5.10 Å². The Balaban J connectivity index is 2.22. The zero-order valence-electron chi connectivity index (χ0n) is 9.03. The first-order valence-corrected chi connectivity index (χ1v) is 5.36. The summed E-state index contributed by atoms with van der Waals surface area (Å²) in [5.41, 5.74) is 5.43. The SMILES string of the molecule is C/C(N)=N/N1C(=O)CCC12CCOCC2. The molecule has 0 saturated carbocycles. The van der Waals surface area contributed by atoms with Gasteiger partial charge in [-0.05, 0) is 26.2 Å². The smallest absolute Gasteiger partial charge is 0.243 e. The van der Waals surface area contributed by atoms with Gasteiger partial charge in [-0.2, -0.15) is 5.10 Å². The second-order valence-corrected chi connectivity index (χ2v) is 4.28. The van der Waals surface area contributed by atoms with Gasteiger partial charge in [0, 0.05) is 19.6 Å². The number of ether oxygens (including phenoxy) is 1. The summed E-state index contributed by atoms with van der Waals surface area (Å²) in [6.45, 7) is 3.13. The maximum absolute atomic E-state index is 11.7. The van der Waals surface area contributed by atoms with Crippen LogP contribution in [-0.2, 0) is 9.53 Å². The number of nitrogens with two attached hydrogens (primary N) is 1. The van der Waals surface area contributed by atoms with Crippen LogP contribution in [0.15, 0.2) is 5.10 Å². The highest BCUT2D eigenvalue weighted by atomic mass is 16.5. The third kappa shape index (κ3) is 1.84. The molecule has 2 fully saturated rings. The molecular weight excluding hydrogens is 194 g/mol. The van der Waals surface area contributed by atoms with Gasteiger partial charge in [-0.25, -0.2) is 5.01 Å². The van der Waals surface area contributed by atoms with Crippen LogP contribution >= 0.6 is 0 Å². The molecule has 1 amide bonds. The third-order valence-electron chi connectivity index (χ3n) is 3.17. The molecular formula is C10H17N3O2. The minimum Gasteiger partial charge on any atom is -0.386 e.